The summed E-state index contributed by atoms with van der Waals surface area (Å²) in [6, 6.07) is 0. The van der Waals surface area contributed by atoms with Crippen LogP contribution < -0.4 is 0 Å². The lowest BCUT2D eigenvalue weighted by molar-refractivity contribution is 0.563. The highest BCUT2D eigenvalue weighted by Crippen LogP contribution is 1.97. The SMILES string of the molecule is O=C=NCCSN=C=O. The summed E-state index contributed by atoms with van der Waals surface area (Å²) in [7, 11) is 0. The molecule has 0 atom stereocenters. The highest BCUT2D eigenvalue weighted by molar-refractivity contribution is 7.98. The van der Waals surface area contributed by atoms with E-state index in [-0.39, 0.29) is 0 Å². The molecule has 0 amide bonds. The summed E-state index contributed by atoms with van der Waals surface area (Å²) >= 11 is 1.02. The van der Waals surface area contributed by atoms with Gasteiger partial charge >= 0.3 is 0 Å². The molecule has 0 N–H and O–H groups in total. The average Bonchev–Trinajstić information content (AvgIpc) is 1.89. The van der Waals surface area contributed by atoms with Crippen molar-refractivity contribution < 1.29 is 9.59 Å². The number of carbonyl (C=O) groups excluding carboxylic acids is 2. The molecule has 0 aliphatic carbocycles. The van der Waals surface area contributed by atoms with Crippen molar-refractivity contribution in [2.45, 2.75) is 0 Å². The monoisotopic (exact) mass is 144 g/mol. The van der Waals surface area contributed by atoms with Crippen LogP contribution >= 0.6 is 11.9 Å². The van der Waals surface area contributed by atoms with Crippen LogP contribution in [0.5, 0.6) is 0 Å². The largest absolute Gasteiger partial charge is 0.247 e. The summed E-state index contributed by atoms with van der Waals surface area (Å²) in [4.78, 5) is 22.1. The van der Waals surface area contributed by atoms with E-state index in [9.17, 15) is 9.59 Å². The van der Waals surface area contributed by atoms with E-state index < -0.39 is 0 Å². The first-order valence-electron chi connectivity index (χ1n) is 2.14. The van der Waals surface area contributed by atoms with Crippen LogP contribution in [0.25, 0.3) is 0 Å². The fraction of sp³-hybridized carbons (Fsp3) is 0.500. The van der Waals surface area contributed by atoms with Crippen LogP contribution in [0.2, 0.25) is 0 Å². The second kappa shape index (κ2) is 7.11. The molecule has 0 radical (unpaired) electrons. The molecule has 4 nitrogen and oxygen atoms in total. The molecule has 0 aliphatic heterocycles. The molecule has 0 heterocycles. The molecule has 0 aromatic carbocycles. The third-order valence-corrected chi connectivity index (χ3v) is 1.03. The standard InChI is InChI=1S/C4H4N2O2S/c7-3-5-1-2-9-6-4-8/h1-2H2. The van der Waals surface area contributed by atoms with E-state index in [2.05, 4.69) is 9.39 Å². The average molecular weight is 144 g/mol. The predicted molar refractivity (Wildman–Crippen MR) is 33.6 cm³/mol. The number of nitrogens with zero attached hydrogens (tertiary/aromatic N) is 2. The number of aliphatic imine (C=N–C) groups is 1. The fourth-order valence-electron chi connectivity index (χ4n) is 0.204. The first kappa shape index (κ1) is 8.11. The third-order valence-electron chi connectivity index (χ3n) is 0.461. The van der Waals surface area contributed by atoms with Gasteiger partial charge in [0.1, 0.15) is 0 Å². The Labute approximate surface area is 56.2 Å². The van der Waals surface area contributed by atoms with Gasteiger partial charge in [-0.25, -0.2) is 14.6 Å². The maximum Gasteiger partial charge on any atom is 0.247 e. The van der Waals surface area contributed by atoms with Gasteiger partial charge in [0.15, 0.2) is 0 Å². The Morgan fingerprint density at radius 1 is 1.33 bits per heavy atom. The minimum atomic E-state index is 0.347. The van der Waals surface area contributed by atoms with Crippen molar-refractivity contribution >= 4 is 24.1 Å². The number of isocyanates is 2. The van der Waals surface area contributed by atoms with Crippen LogP contribution in [-0.4, -0.2) is 24.5 Å². The van der Waals surface area contributed by atoms with Gasteiger partial charge in [-0.2, -0.15) is 0 Å². The van der Waals surface area contributed by atoms with Crippen molar-refractivity contribution in [1.82, 2.24) is 0 Å². The number of hydrogen-bond donors (Lipinski definition) is 0. The van der Waals surface area contributed by atoms with E-state index in [4.69, 9.17) is 0 Å². The van der Waals surface area contributed by atoms with Crippen LogP contribution in [0.15, 0.2) is 9.39 Å². The lowest BCUT2D eigenvalue weighted by Gasteiger charge is -1.80. The molecule has 0 saturated carbocycles. The number of hydrogen-bond acceptors (Lipinski definition) is 5. The van der Waals surface area contributed by atoms with Crippen molar-refractivity contribution in [2.24, 2.45) is 9.39 Å². The van der Waals surface area contributed by atoms with Crippen molar-refractivity contribution in [2.75, 3.05) is 12.3 Å². The van der Waals surface area contributed by atoms with E-state index in [1.54, 1.807) is 0 Å². The number of rotatable bonds is 4. The lowest BCUT2D eigenvalue weighted by atomic mass is 10.8. The van der Waals surface area contributed by atoms with Gasteiger partial charge in [0.2, 0.25) is 12.2 Å². The Morgan fingerprint density at radius 2 is 2.11 bits per heavy atom. The van der Waals surface area contributed by atoms with Crippen LogP contribution in [-0.2, 0) is 9.59 Å². The summed E-state index contributed by atoms with van der Waals surface area (Å²) in [6.45, 7) is 0.347. The normalized spacial score (nSPS) is 7.11. The van der Waals surface area contributed by atoms with E-state index in [0.29, 0.717) is 12.3 Å². The second-order valence-corrected chi connectivity index (χ2v) is 1.84. The molecule has 0 bridgehead atoms. The smallest absolute Gasteiger partial charge is 0.211 e. The van der Waals surface area contributed by atoms with Crippen LogP contribution in [0.1, 0.15) is 0 Å². The van der Waals surface area contributed by atoms with Gasteiger partial charge in [-0.05, 0) is 11.9 Å². The van der Waals surface area contributed by atoms with Crippen molar-refractivity contribution in [1.29, 1.82) is 0 Å². The molecule has 48 valence electrons. The molecule has 0 saturated heterocycles. The molecule has 5 heteroatoms. The molecule has 0 aromatic heterocycles. The molecule has 0 fully saturated rings. The van der Waals surface area contributed by atoms with E-state index >= 15 is 0 Å². The van der Waals surface area contributed by atoms with Crippen LogP contribution in [0.3, 0.4) is 0 Å². The highest BCUT2D eigenvalue weighted by Gasteiger charge is 1.80. The summed E-state index contributed by atoms with van der Waals surface area (Å²) in [6.07, 6.45) is 2.71. The Bertz CT molecular complexity index is 140. The molecule has 0 spiro atoms. The van der Waals surface area contributed by atoms with Gasteiger partial charge in [-0.1, -0.05) is 0 Å². The van der Waals surface area contributed by atoms with Crippen molar-refractivity contribution in [3.05, 3.63) is 0 Å². The van der Waals surface area contributed by atoms with Crippen molar-refractivity contribution in [3.63, 3.8) is 0 Å². The summed E-state index contributed by atoms with van der Waals surface area (Å²) in [5, 5.41) is 0. The summed E-state index contributed by atoms with van der Waals surface area (Å²) in [5.74, 6) is 0.518. The highest BCUT2D eigenvalue weighted by atomic mass is 32.2. The third kappa shape index (κ3) is 7.11. The second-order valence-electron chi connectivity index (χ2n) is 0.989. The zero-order valence-corrected chi connectivity index (χ0v) is 5.35. The summed E-state index contributed by atoms with van der Waals surface area (Å²) < 4.78 is 3.16. The lowest BCUT2D eigenvalue weighted by Crippen LogP contribution is -1.80. The fourth-order valence-corrected chi connectivity index (χ4v) is 0.521. The maximum atomic E-state index is 9.43. The van der Waals surface area contributed by atoms with Gasteiger partial charge in [0.25, 0.3) is 0 Å². The van der Waals surface area contributed by atoms with Gasteiger partial charge < -0.3 is 0 Å². The molecule has 9 heavy (non-hydrogen) atoms. The van der Waals surface area contributed by atoms with Gasteiger partial charge in [-0.15, -0.1) is 4.40 Å². The zero-order chi connectivity index (χ0) is 6.95. The molecular weight excluding hydrogens is 140 g/mol. The Hall–Kier alpha value is -0.890. The topological polar surface area (TPSA) is 58.9 Å². The van der Waals surface area contributed by atoms with Crippen molar-refractivity contribution in [3.8, 4) is 0 Å². The van der Waals surface area contributed by atoms with Gasteiger partial charge in [0, 0.05) is 5.75 Å². The Morgan fingerprint density at radius 3 is 2.67 bits per heavy atom. The zero-order valence-electron chi connectivity index (χ0n) is 4.53. The van der Waals surface area contributed by atoms with E-state index in [0.717, 1.165) is 11.9 Å². The molecule has 0 aromatic rings. The predicted octanol–water partition coefficient (Wildman–Crippen LogP) is 0.306. The maximum absolute atomic E-state index is 9.43. The van der Waals surface area contributed by atoms with E-state index in [1.807, 2.05) is 0 Å². The minimum absolute atomic E-state index is 0.347. The first-order valence-corrected chi connectivity index (χ1v) is 3.09. The molecular formula is C4H4N2O2S. The Kier molecular flexibility index (Phi) is 6.41. The minimum Gasteiger partial charge on any atom is -0.211 e. The van der Waals surface area contributed by atoms with Gasteiger partial charge in [-0.3, -0.25) is 0 Å². The quantitative estimate of drug-likeness (QED) is 0.247. The first-order chi connectivity index (χ1) is 4.41. The molecule has 0 aliphatic rings. The van der Waals surface area contributed by atoms with Crippen LogP contribution in [0, 0.1) is 0 Å². The van der Waals surface area contributed by atoms with Crippen LogP contribution in [0.4, 0.5) is 0 Å². The Balaban J connectivity index is 3.09. The van der Waals surface area contributed by atoms with E-state index in [1.165, 1.54) is 12.2 Å². The molecule has 0 unspecified atom stereocenters. The summed E-state index contributed by atoms with van der Waals surface area (Å²) in [5.41, 5.74) is 0. The molecule has 0 rings (SSSR count). The van der Waals surface area contributed by atoms with Gasteiger partial charge in [0.05, 0.1) is 6.54 Å².